The Balaban J connectivity index is 1.14. The molecule has 0 radical (unpaired) electrons. The third-order valence-corrected chi connectivity index (χ3v) is 7.85. The normalized spacial score (nSPS) is 15.1. The fraction of sp³-hybridized carbons (Fsp3) is 0.171. The van der Waals surface area contributed by atoms with E-state index in [9.17, 15) is 0 Å². The minimum Gasteiger partial charge on any atom is -0.440 e. The molecule has 1 atom stereocenters. The van der Waals surface area contributed by atoms with E-state index in [4.69, 9.17) is 9.40 Å². The maximum atomic E-state index is 6.36. The van der Waals surface area contributed by atoms with Crippen molar-refractivity contribution in [1.29, 1.82) is 0 Å². The Morgan fingerprint density at radius 1 is 0.711 bits per heavy atom. The number of aromatic nitrogens is 1. The van der Waals surface area contributed by atoms with Gasteiger partial charge in [0.15, 0.2) is 11.7 Å². The standard InChI is InChI=1S/C35H30N2O/c1-3-11-25(12-4-1)34-35(26-13-5-2-6-14-26)38-33(37-34)22-23-36-32-17-9-16-28-30-19-18-24-10-7-8-15-27(24)29(30)20-21-31(28)32/h1-8,10-15,18-21,32,36H,9,16-17,22-23H2. The topological polar surface area (TPSA) is 38.1 Å². The van der Waals surface area contributed by atoms with Crippen LogP contribution in [0.2, 0.25) is 0 Å². The number of hydrogen-bond acceptors (Lipinski definition) is 3. The summed E-state index contributed by atoms with van der Waals surface area (Å²) in [5.41, 5.74) is 5.99. The van der Waals surface area contributed by atoms with Crippen LogP contribution in [0.15, 0.2) is 114 Å². The van der Waals surface area contributed by atoms with Gasteiger partial charge < -0.3 is 9.73 Å². The Morgan fingerprint density at radius 3 is 2.29 bits per heavy atom. The summed E-state index contributed by atoms with van der Waals surface area (Å²) in [6, 6.07) is 38.9. The average molecular weight is 495 g/mol. The lowest BCUT2D eigenvalue weighted by Gasteiger charge is -2.28. The third-order valence-electron chi connectivity index (χ3n) is 7.85. The monoisotopic (exact) mass is 494 g/mol. The van der Waals surface area contributed by atoms with Crippen molar-refractivity contribution in [2.24, 2.45) is 0 Å². The first-order valence-corrected chi connectivity index (χ1v) is 13.6. The summed E-state index contributed by atoms with van der Waals surface area (Å²) in [5.74, 6) is 1.62. The Kier molecular flexibility index (Phi) is 5.99. The maximum absolute atomic E-state index is 6.36. The van der Waals surface area contributed by atoms with Crippen LogP contribution in [0.3, 0.4) is 0 Å². The lowest BCUT2D eigenvalue weighted by atomic mass is 9.83. The number of nitrogens with one attached hydrogen (secondary N) is 1. The van der Waals surface area contributed by atoms with Gasteiger partial charge in [-0.25, -0.2) is 4.98 Å². The van der Waals surface area contributed by atoms with Crippen LogP contribution in [0, 0.1) is 0 Å². The van der Waals surface area contributed by atoms with Gasteiger partial charge in [-0.2, -0.15) is 0 Å². The van der Waals surface area contributed by atoms with Crippen molar-refractivity contribution in [3.05, 3.63) is 126 Å². The molecule has 3 nitrogen and oxygen atoms in total. The molecular formula is C35H30N2O. The molecule has 6 aromatic rings. The molecule has 1 aromatic heterocycles. The van der Waals surface area contributed by atoms with Gasteiger partial charge >= 0.3 is 0 Å². The van der Waals surface area contributed by atoms with Gasteiger partial charge in [0.1, 0.15) is 5.69 Å². The molecule has 0 amide bonds. The summed E-state index contributed by atoms with van der Waals surface area (Å²) in [5, 5.41) is 9.25. The molecule has 1 heterocycles. The highest BCUT2D eigenvalue weighted by molar-refractivity contribution is 6.08. The first-order chi connectivity index (χ1) is 18.8. The molecule has 1 unspecified atom stereocenters. The zero-order valence-corrected chi connectivity index (χ0v) is 21.4. The highest BCUT2D eigenvalue weighted by atomic mass is 16.4. The highest BCUT2D eigenvalue weighted by Crippen LogP contribution is 2.37. The molecular weight excluding hydrogens is 464 g/mol. The summed E-state index contributed by atoms with van der Waals surface area (Å²) in [4.78, 5) is 4.95. The molecule has 1 aliphatic rings. The summed E-state index contributed by atoms with van der Waals surface area (Å²) in [6.07, 6.45) is 4.24. The second-order valence-electron chi connectivity index (χ2n) is 10.2. The number of benzene rings is 5. The lowest BCUT2D eigenvalue weighted by molar-refractivity contribution is 0.440. The fourth-order valence-electron chi connectivity index (χ4n) is 6.03. The van der Waals surface area contributed by atoms with Crippen LogP contribution in [0.1, 0.15) is 35.9 Å². The number of hydrogen-bond donors (Lipinski definition) is 1. The van der Waals surface area contributed by atoms with E-state index in [0.717, 1.165) is 54.3 Å². The van der Waals surface area contributed by atoms with Gasteiger partial charge in [-0.05, 0) is 51.9 Å². The van der Waals surface area contributed by atoms with Crippen LogP contribution >= 0.6 is 0 Å². The molecule has 1 aliphatic carbocycles. The largest absolute Gasteiger partial charge is 0.440 e. The molecule has 1 N–H and O–H groups in total. The minimum absolute atomic E-state index is 0.353. The van der Waals surface area contributed by atoms with Crippen LogP contribution in [0.5, 0.6) is 0 Å². The van der Waals surface area contributed by atoms with Crippen molar-refractivity contribution in [1.82, 2.24) is 10.3 Å². The SMILES string of the molecule is c1ccc(-c2nc(CCNC3CCCc4c3ccc3c4ccc4ccccc43)oc2-c2ccccc2)cc1. The molecule has 0 spiro atoms. The fourth-order valence-corrected chi connectivity index (χ4v) is 6.03. The Labute approximate surface area is 223 Å². The Morgan fingerprint density at radius 2 is 1.45 bits per heavy atom. The molecule has 38 heavy (non-hydrogen) atoms. The van der Waals surface area contributed by atoms with Crippen LogP contribution < -0.4 is 5.32 Å². The summed E-state index contributed by atoms with van der Waals surface area (Å²) in [6.45, 7) is 0.822. The van der Waals surface area contributed by atoms with Crippen molar-refractivity contribution in [2.45, 2.75) is 31.7 Å². The molecule has 186 valence electrons. The molecule has 0 saturated heterocycles. The molecule has 0 fully saturated rings. The average Bonchev–Trinajstić information content (AvgIpc) is 3.42. The van der Waals surface area contributed by atoms with E-state index < -0.39 is 0 Å². The highest BCUT2D eigenvalue weighted by Gasteiger charge is 2.23. The second kappa shape index (κ2) is 9.92. The maximum Gasteiger partial charge on any atom is 0.196 e. The zero-order valence-electron chi connectivity index (χ0n) is 21.4. The number of rotatable bonds is 6. The zero-order chi connectivity index (χ0) is 25.3. The van der Waals surface area contributed by atoms with Gasteiger partial charge in [0.2, 0.25) is 0 Å². The van der Waals surface area contributed by atoms with Gasteiger partial charge in [0.05, 0.1) is 0 Å². The van der Waals surface area contributed by atoms with Gasteiger partial charge in [-0.15, -0.1) is 0 Å². The number of aryl methyl sites for hydroxylation is 1. The predicted octanol–water partition coefficient (Wildman–Crippen LogP) is 8.52. The minimum atomic E-state index is 0.353. The van der Waals surface area contributed by atoms with E-state index in [1.165, 1.54) is 39.1 Å². The van der Waals surface area contributed by atoms with E-state index in [2.05, 4.69) is 78.1 Å². The quantitative estimate of drug-likeness (QED) is 0.236. The second-order valence-corrected chi connectivity index (χ2v) is 10.2. The van der Waals surface area contributed by atoms with Crippen LogP contribution in [0.4, 0.5) is 0 Å². The van der Waals surface area contributed by atoms with Crippen molar-refractivity contribution in [3.8, 4) is 22.6 Å². The predicted molar refractivity (Wildman–Crippen MR) is 156 cm³/mol. The molecule has 7 rings (SSSR count). The van der Waals surface area contributed by atoms with Crippen molar-refractivity contribution in [2.75, 3.05) is 6.54 Å². The summed E-state index contributed by atoms with van der Waals surface area (Å²) >= 11 is 0. The number of oxazole rings is 1. The molecule has 5 aromatic carbocycles. The molecule has 0 aliphatic heterocycles. The van der Waals surface area contributed by atoms with Crippen LogP contribution in [-0.2, 0) is 12.8 Å². The van der Waals surface area contributed by atoms with Crippen LogP contribution in [0.25, 0.3) is 44.1 Å². The molecule has 0 bridgehead atoms. The van der Waals surface area contributed by atoms with Gasteiger partial charge in [0.25, 0.3) is 0 Å². The van der Waals surface area contributed by atoms with E-state index in [0.29, 0.717) is 6.04 Å². The van der Waals surface area contributed by atoms with Crippen molar-refractivity contribution < 1.29 is 4.42 Å². The molecule has 3 heteroatoms. The number of fused-ring (bicyclic) bond motifs is 5. The molecule has 0 saturated carbocycles. The van der Waals surface area contributed by atoms with E-state index in [1.807, 2.05) is 36.4 Å². The smallest absolute Gasteiger partial charge is 0.196 e. The summed E-state index contributed by atoms with van der Waals surface area (Å²) < 4.78 is 6.36. The van der Waals surface area contributed by atoms with E-state index >= 15 is 0 Å². The third kappa shape index (κ3) is 4.19. The summed E-state index contributed by atoms with van der Waals surface area (Å²) in [7, 11) is 0. The van der Waals surface area contributed by atoms with Gasteiger partial charge in [-0.3, -0.25) is 0 Å². The lowest BCUT2D eigenvalue weighted by Crippen LogP contribution is -2.27. The Bertz CT molecular complexity index is 1660. The van der Waals surface area contributed by atoms with E-state index in [1.54, 1.807) is 0 Å². The number of nitrogens with zero attached hydrogens (tertiary/aromatic N) is 1. The first kappa shape index (κ1) is 22.9. The first-order valence-electron chi connectivity index (χ1n) is 13.6. The van der Waals surface area contributed by atoms with E-state index in [-0.39, 0.29) is 0 Å². The van der Waals surface area contributed by atoms with Crippen molar-refractivity contribution in [3.63, 3.8) is 0 Å². The Hall–Kier alpha value is -4.21. The van der Waals surface area contributed by atoms with Crippen molar-refractivity contribution >= 4 is 21.5 Å². The van der Waals surface area contributed by atoms with Crippen LogP contribution in [-0.4, -0.2) is 11.5 Å². The van der Waals surface area contributed by atoms with Gasteiger partial charge in [0, 0.05) is 30.1 Å². The van der Waals surface area contributed by atoms with Gasteiger partial charge in [-0.1, -0.05) is 109 Å².